The maximum atomic E-state index is 9.91. The number of methoxy groups -OCH3 is 2. The van der Waals surface area contributed by atoms with Gasteiger partial charge in [-0.05, 0) is 67.3 Å². The number of benzene rings is 2. The maximum absolute atomic E-state index is 9.91. The molecular weight excluding hydrogens is 540 g/mol. The molecule has 228 valence electrons. The van der Waals surface area contributed by atoms with Gasteiger partial charge in [-0.15, -0.1) is 11.8 Å². The second-order valence-electron chi connectivity index (χ2n) is 10.9. The van der Waals surface area contributed by atoms with Crippen LogP contribution in [0.4, 0.5) is 5.69 Å². The van der Waals surface area contributed by atoms with Crippen LogP contribution >= 0.6 is 11.8 Å². The lowest BCUT2D eigenvalue weighted by Crippen LogP contribution is -2.51. The molecule has 1 saturated heterocycles. The van der Waals surface area contributed by atoms with Gasteiger partial charge in [-0.25, -0.2) is 0 Å². The summed E-state index contributed by atoms with van der Waals surface area (Å²) in [6.07, 6.45) is 2.52. The number of rotatable bonds is 17. The van der Waals surface area contributed by atoms with Crippen LogP contribution in [0.1, 0.15) is 43.2 Å². The quantitative estimate of drug-likeness (QED) is 0.205. The van der Waals surface area contributed by atoms with Crippen LogP contribution in [0.2, 0.25) is 0 Å². The summed E-state index contributed by atoms with van der Waals surface area (Å²) in [6, 6.07) is 15.2. The van der Waals surface area contributed by atoms with Crippen molar-refractivity contribution < 1.29 is 28.8 Å². The number of hydrogen-bond acceptors (Lipinski definition) is 9. The molecule has 41 heavy (non-hydrogen) atoms. The van der Waals surface area contributed by atoms with Gasteiger partial charge in [-0.1, -0.05) is 18.2 Å². The predicted octanol–water partition coefficient (Wildman–Crippen LogP) is 4.48. The summed E-state index contributed by atoms with van der Waals surface area (Å²) in [5.74, 6) is 2.07. The molecule has 0 radical (unpaired) electrons. The van der Waals surface area contributed by atoms with Gasteiger partial charge in [0.25, 0.3) is 0 Å². The van der Waals surface area contributed by atoms with Gasteiger partial charge in [0, 0.05) is 57.9 Å². The van der Waals surface area contributed by atoms with E-state index in [0.717, 1.165) is 81.4 Å². The van der Waals surface area contributed by atoms with Crippen molar-refractivity contribution in [2.24, 2.45) is 0 Å². The van der Waals surface area contributed by atoms with Gasteiger partial charge >= 0.3 is 0 Å². The minimum absolute atomic E-state index is 0.0576. The molecule has 8 nitrogen and oxygen atoms in total. The summed E-state index contributed by atoms with van der Waals surface area (Å²) in [4.78, 5) is 3.65. The highest BCUT2D eigenvalue weighted by atomic mass is 32.2. The molecule has 9 heteroatoms. The topological polar surface area (TPSA) is 81.7 Å². The number of nitrogens with one attached hydrogen (secondary N) is 1. The molecule has 0 aromatic heterocycles. The molecule has 4 atom stereocenters. The Labute approximate surface area is 250 Å². The normalized spacial score (nSPS) is 21.4. The smallest absolute Gasteiger partial charge is 0.142 e. The molecule has 0 spiro atoms. The van der Waals surface area contributed by atoms with E-state index in [1.807, 2.05) is 11.8 Å². The number of anilines is 1. The average molecular weight is 589 g/mol. The van der Waals surface area contributed by atoms with E-state index in [-0.39, 0.29) is 18.1 Å². The van der Waals surface area contributed by atoms with Crippen molar-refractivity contribution in [1.82, 2.24) is 5.32 Å². The Morgan fingerprint density at radius 3 is 2.51 bits per heavy atom. The summed E-state index contributed by atoms with van der Waals surface area (Å²) in [5.41, 5.74) is 3.45. The molecule has 0 bridgehead atoms. The molecule has 0 saturated carbocycles. The van der Waals surface area contributed by atoms with Gasteiger partial charge in [-0.2, -0.15) is 0 Å². The molecule has 2 aromatic carbocycles. The van der Waals surface area contributed by atoms with Crippen LogP contribution in [0.3, 0.4) is 0 Å². The summed E-state index contributed by atoms with van der Waals surface area (Å²) in [5, 5.41) is 13.4. The van der Waals surface area contributed by atoms with Crippen molar-refractivity contribution in [2.75, 3.05) is 77.5 Å². The number of aliphatic hydroxyl groups excluding tert-OH is 1. The first-order valence-electron chi connectivity index (χ1n) is 14.9. The lowest BCUT2D eigenvalue weighted by molar-refractivity contribution is -0.0752. The average Bonchev–Trinajstić information content (AvgIpc) is 2.99. The zero-order valence-corrected chi connectivity index (χ0v) is 25.7. The van der Waals surface area contributed by atoms with Crippen molar-refractivity contribution in [3.05, 3.63) is 53.6 Å². The molecular formula is C32H48N2O6S. The third kappa shape index (κ3) is 9.85. The van der Waals surface area contributed by atoms with Crippen molar-refractivity contribution in [2.45, 2.75) is 61.9 Å². The number of piperidine rings is 1. The van der Waals surface area contributed by atoms with Crippen LogP contribution in [0.15, 0.2) is 47.4 Å². The minimum Gasteiger partial charge on any atom is -0.490 e. The van der Waals surface area contributed by atoms with Crippen LogP contribution < -0.4 is 15.0 Å². The van der Waals surface area contributed by atoms with E-state index >= 15 is 0 Å². The lowest BCUT2D eigenvalue weighted by Gasteiger charge is -2.39. The van der Waals surface area contributed by atoms with E-state index in [2.05, 4.69) is 52.7 Å². The second kappa shape index (κ2) is 17.3. The van der Waals surface area contributed by atoms with E-state index in [0.29, 0.717) is 19.8 Å². The maximum Gasteiger partial charge on any atom is 0.142 e. The fourth-order valence-corrected chi connectivity index (χ4v) is 6.36. The highest BCUT2D eigenvalue weighted by molar-refractivity contribution is 7.99. The number of fused-ring (bicyclic) bond motifs is 1. The molecule has 4 rings (SSSR count). The summed E-state index contributed by atoms with van der Waals surface area (Å²) in [6.45, 7) is 8.10. The monoisotopic (exact) mass is 588 g/mol. The Bertz CT molecular complexity index is 1020. The number of unbranched alkanes of at least 4 members (excludes halogenated alkanes) is 1. The molecule has 2 aliphatic heterocycles. The molecule has 2 aromatic rings. The van der Waals surface area contributed by atoms with Gasteiger partial charge in [-0.3, -0.25) is 0 Å². The third-order valence-electron chi connectivity index (χ3n) is 7.54. The van der Waals surface area contributed by atoms with E-state index in [1.165, 1.54) is 10.5 Å². The Kier molecular flexibility index (Phi) is 13.5. The number of hydrogen-bond donors (Lipinski definition) is 2. The molecule has 2 aliphatic rings. The Morgan fingerprint density at radius 1 is 1.00 bits per heavy atom. The Hall–Kier alpha value is -1.85. The Morgan fingerprint density at radius 2 is 1.76 bits per heavy atom. The lowest BCUT2D eigenvalue weighted by atomic mass is 9.85. The van der Waals surface area contributed by atoms with Crippen molar-refractivity contribution >= 4 is 17.4 Å². The second-order valence-corrected chi connectivity index (χ2v) is 12.0. The first-order valence-corrected chi connectivity index (χ1v) is 15.9. The van der Waals surface area contributed by atoms with Crippen molar-refractivity contribution in [3.63, 3.8) is 0 Å². The molecule has 1 unspecified atom stereocenters. The number of thioether (sulfide) groups is 1. The first-order chi connectivity index (χ1) is 20.1. The molecule has 2 heterocycles. The zero-order chi connectivity index (χ0) is 28.9. The standard InChI is InChI=1S/C32H48N2O6S/c1-24(35)22-39-30-20-33-21-31(32(30)26-8-10-27(11-9-26)41-18-5-4-15-36-2)40-23-25-7-12-29-28(19-25)34(14-17-38-29)13-6-16-37-3/h7-12,19,24,30-33,35H,4-6,13-18,20-23H2,1-3H3/t24?,30-,31+,32+/m1/s1. The van der Waals surface area contributed by atoms with E-state index < -0.39 is 6.10 Å². The van der Waals surface area contributed by atoms with Gasteiger partial charge in [0.2, 0.25) is 0 Å². The van der Waals surface area contributed by atoms with Crippen molar-refractivity contribution in [3.8, 4) is 5.75 Å². The van der Waals surface area contributed by atoms with Gasteiger partial charge in [0.15, 0.2) is 0 Å². The number of ether oxygens (including phenoxy) is 5. The minimum atomic E-state index is -0.515. The van der Waals surface area contributed by atoms with Crippen LogP contribution in [0.5, 0.6) is 5.75 Å². The van der Waals surface area contributed by atoms with E-state index in [9.17, 15) is 5.11 Å². The summed E-state index contributed by atoms with van der Waals surface area (Å²) >= 11 is 1.88. The van der Waals surface area contributed by atoms with E-state index in [4.69, 9.17) is 23.7 Å². The molecule has 0 amide bonds. The zero-order valence-electron chi connectivity index (χ0n) is 24.9. The summed E-state index contributed by atoms with van der Waals surface area (Å²) in [7, 11) is 3.50. The first kappa shape index (κ1) is 32.1. The molecule has 0 aliphatic carbocycles. The Balaban J connectivity index is 1.44. The third-order valence-corrected chi connectivity index (χ3v) is 8.64. The van der Waals surface area contributed by atoms with Crippen LogP contribution in [0.25, 0.3) is 0 Å². The van der Waals surface area contributed by atoms with Crippen molar-refractivity contribution in [1.29, 1.82) is 0 Å². The van der Waals surface area contributed by atoms with Crippen LogP contribution in [0, 0.1) is 0 Å². The summed E-state index contributed by atoms with van der Waals surface area (Å²) < 4.78 is 29.2. The fourth-order valence-electron chi connectivity index (χ4n) is 5.45. The van der Waals surface area contributed by atoms with Gasteiger partial charge in [0.05, 0.1) is 43.8 Å². The van der Waals surface area contributed by atoms with Gasteiger partial charge in [0.1, 0.15) is 12.4 Å². The number of nitrogens with zero attached hydrogens (tertiary/aromatic N) is 1. The fraction of sp³-hybridized carbons (Fsp3) is 0.625. The molecule has 1 fully saturated rings. The predicted molar refractivity (Wildman–Crippen MR) is 165 cm³/mol. The SMILES string of the molecule is COCCCCSc1ccc([C@@H]2[C@@H](OCc3ccc4c(c3)N(CCCOC)CCO4)CNC[C@H]2OCC(C)O)cc1. The largest absolute Gasteiger partial charge is 0.490 e. The van der Waals surface area contributed by atoms with E-state index in [1.54, 1.807) is 21.1 Å². The van der Waals surface area contributed by atoms with Crippen LogP contribution in [-0.2, 0) is 25.6 Å². The highest BCUT2D eigenvalue weighted by Gasteiger charge is 2.36. The molecule has 2 N–H and O–H groups in total. The number of aliphatic hydroxyl groups is 1. The van der Waals surface area contributed by atoms with Gasteiger partial charge < -0.3 is 39.0 Å². The highest BCUT2D eigenvalue weighted by Crippen LogP contribution is 2.35. The van der Waals surface area contributed by atoms with Crippen LogP contribution in [-0.4, -0.2) is 96.0 Å².